The van der Waals surface area contributed by atoms with Gasteiger partial charge in [0.1, 0.15) is 0 Å². The van der Waals surface area contributed by atoms with Crippen molar-refractivity contribution in [2.45, 2.75) is 25.7 Å². The van der Waals surface area contributed by atoms with Crippen LogP contribution in [0.25, 0.3) is 0 Å². The molecule has 0 bridgehead atoms. The van der Waals surface area contributed by atoms with Gasteiger partial charge in [-0.25, -0.2) is 0 Å². The highest BCUT2D eigenvalue weighted by molar-refractivity contribution is 6.30. The van der Waals surface area contributed by atoms with Crippen LogP contribution in [-0.4, -0.2) is 0 Å². The molecular weight excluding hydrogens is 299 g/mol. The summed E-state index contributed by atoms with van der Waals surface area (Å²) in [4.78, 5) is 0. The molecule has 0 fully saturated rings. The molecule has 0 amide bonds. The maximum atomic E-state index is 12.6. The highest BCUT2D eigenvalue weighted by Gasteiger charge is 2.30. The highest BCUT2D eigenvalue weighted by atomic mass is 35.5. The number of alkyl halides is 3. The summed E-state index contributed by atoms with van der Waals surface area (Å²) in [6.45, 7) is 2.30. The average molecular weight is 314 g/mol. The van der Waals surface area contributed by atoms with Crippen molar-refractivity contribution in [3.8, 4) is 0 Å². The summed E-state index contributed by atoms with van der Waals surface area (Å²) in [6.07, 6.45) is -4.31. The van der Waals surface area contributed by atoms with Crippen LogP contribution in [0.15, 0.2) is 48.5 Å². The molecular formula is C16H15ClF3N. The van der Waals surface area contributed by atoms with E-state index in [0.717, 1.165) is 17.7 Å². The van der Waals surface area contributed by atoms with Crippen LogP contribution in [0.3, 0.4) is 0 Å². The Labute approximate surface area is 126 Å². The zero-order chi connectivity index (χ0) is 15.5. The van der Waals surface area contributed by atoms with E-state index in [1.165, 1.54) is 6.07 Å². The third-order valence-electron chi connectivity index (χ3n) is 3.22. The fourth-order valence-electron chi connectivity index (χ4n) is 2.02. The van der Waals surface area contributed by atoms with Gasteiger partial charge in [0, 0.05) is 17.6 Å². The van der Waals surface area contributed by atoms with Gasteiger partial charge in [-0.05, 0) is 36.2 Å². The first-order chi connectivity index (χ1) is 9.86. The fraction of sp³-hybridized carbons (Fsp3) is 0.250. The third kappa shape index (κ3) is 4.48. The average Bonchev–Trinajstić information content (AvgIpc) is 2.44. The van der Waals surface area contributed by atoms with Gasteiger partial charge in [0.15, 0.2) is 0 Å². The van der Waals surface area contributed by atoms with Crippen molar-refractivity contribution >= 4 is 11.6 Å². The Morgan fingerprint density at radius 2 is 1.81 bits per heavy atom. The topological polar surface area (TPSA) is 12.0 Å². The van der Waals surface area contributed by atoms with Gasteiger partial charge in [-0.1, -0.05) is 41.9 Å². The Morgan fingerprint density at radius 3 is 2.48 bits per heavy atom. The lowest BCUT2D eigenvalue weighted by Crippen LogP contribution is -2.18. The molecule has 0 unspecified atom stereocenters. The SMILES string of the molecule is C[C@H](NCc1cccc(C(F)(F)F)c1)c1cccc(Cl)c1. The van der Waals surface area contributed by atoms with E-state index in [9.17, 15) is 13.2 Å². The van der Waals surface area contributed by atoms with Crippen molar-refractivity contribution in [1.82, 2.24) is 5.32 Å². The lowest BCUT2D eigenvalue weighted by molar-refractivity contribution is -0.137. The summed E-state index contributed by atoms with van der Waals surface area (Å²) >= 11 is 5.92. The second-order valence-corrected chi connectivity index (χ2v) is 5.29. The van der Waals surface area contributed by atoms with E-state index in [2.05, 4.69) is 5.32 Å². The first-order valence-electron chi connectivity index (χ1n) is 6.51. The molecule has 0 spiro atoms. The van der Waals surface area contributed by atoms with Crippen molar-refractivity contribution in [3.05, 3.63) is 70.2 Å². The summed E-state index contributed by atoms with van der Waals surface area (Å²) in [5.74, 6) is 0. The summed E-state index contributed by atoms with van der Waals surface area (Å²) in [5.41, 5.74) is 0.963. The summed E-state index contributed by atoms with van der Waals surface area (Å²) in [6, 6.07) is 12.7. The summed E-state index contributed by atoms with van der Waals surface area (Å²) in [5, 5.41) is 3.83. The predicted molar refractivity (Wildman–Crippen MR) is 78.2 cm³/mol. The second kappa shape index (κ2) is 6.50. The molecule has 0 aromatic heterocycles. The largest absolute Gasteiger partial charge is 0.416 e. The molecule has 5 heteroatoms. The first kappa shape index (κ1) is 15.9. The zero-order valence-electron chi connectivity index (χ0n) is 11.4. The number of halogens is 4. The zero-order valence-corrected chi connectivity index (χ0v) is 12.2. The molecule has 0 aliphatic heterocycles. The van der Waals surface area contributed by atoms with Gasteiger partial charge in [0.2, 0.25) is 0 Å². The molecule has 0 saturated carbocycles. The second-order valence-electron chi connectivity index (χ2n) is 4.86. The molecule has 1 atom stereocenters. The quantitative estimate of drug-likeness (QED) is 0.817. The predicted octanol–water partition coefficient (Wildman–Crippen LogP) is 5.21. The summed E-state index contributed by atoms with van der Waals surface area (Å²) < 4.78 is 37.9. The number of nitrogens with one attached hydrogen (secondary N) is 1. The Balaban J connectivity index is 2.03. The molecule has 0 radical (unpaired) electrons. The van der Waals surface area contributed by atoms with E-state index in [4.69, 9.17) is 11.6 Å². The van der Waals surface area contributed by atoms with Crippen LogP contribution in [0.4, 0.5) is 13.2 Å². The third-order valence-corrected chi connectivity index (χ3v) is 3.45. The molecule has 21 heavy (non-hydrogen) atoms. The van der Waals surface area contributed by atoms with Gasteiger partial charge in [0.25, 0.3) is 0 Å². The fourth-order valence-corrected chi connectivity index (χ4v) is 2.22. The van der Waals surface area contributed by atoms with Gasteiger partial charge in [0.05, 0.1) is 5.56 Å². The van der Waals surface area contributed by atoms with E-state index in [0.29, 0.717) is 17.1 Å². The smallest absolute Gasteiger partial charge is 0.306 e. The highest BCUT2D eigenvalue weighted by Crippen LogP contribution is 2.29. The Bertz CT molecular complexity index is 610. The number of benzene rings is 2. The van der Waals surface area contributed by atoms with Crippen molar-refractivity contribution in [2.75, 3.05) is 0 Å². The maximum absolute atomic E-state index is 12.6. The van der Waals surface area contributed by atoms with Crippen LogP contribution in [0.5, 0.6) is 0 Å². The molecule has 0 aliphatic rings. The van der Waals surface area contributed by atoms with Crippen LogP contribution >= 0.6 is 11.6 Å². The molecule has 1 nitrogen and oxygen atoms in total. The molecule has 0 heterocycles. The van der Waals surface area contributed by atoms with E-state index in [1.807, 2.05) is 25.1 Å². The minimum absolute atomic E-state index is 0.00163. The van der Waals surface area contributed by atoms with Gasteiger partial charge >= 0.3 is 6.18 Å². The summed E-state index contributed by atoms with van der Waals surface area (Å²) in [7, 11) is 0. The first-order valence-corrected chi connectivity index (χ1v) is 6.89. The minimum Gasteiger partial charge on any atom is -0.306 e. The van der Waals surface area contributed by atoms with Crippen molar-refractivity contribution in [1.29, 1.82) is 0 Å². The Kier molecular flexibility index (Phi) is 4.91. The standard InChI is InChI=1S/C16H15ClF3N/c1-11(13-5-3-7-15(17)9-13)21-10-12-4-2-6-14(8-12)16(18,19)20/h2-9,11,21H,10H2,1H3/t11-/m0/s1. The van der Waals surface area contributed by atoms with Crippen LogP contribution in [0, 0.1) is 0 Å². The van der Waals surface area contributed by atoms with Gasteiger partial charge in [-0.15, -0.1) is 0 Å². The number of rotatable bonds is 4. The van der Waals surface area contributed by atoms with E-state index >= 15 is 0 Å². The van der Waals surface area contributed by atoms with E-state index in [1.54, 1.807) is 12.1 Å². The Hall–Kier alpha value is -1.52. The molecule has 112 valence electrons. The number of hydrogen-bond acceptors (Lipinski definition) is 1. The lowest BCUT2D eigenvalue weighted by Gasteiger charge is -2.15. The maximum Gasteiger partial charge on any atom is 0.416 e. The molecule has 2 aromatic carbocycles. The number of hydrogen-bond donors (Lipinski definition) is 1. The Morgan fingerprint density at radius 1 is 1.10 bits per heavy atom. The normalized spacial score (nSPS) is 13.2. The molecule has 1 N–H and O–H groups in total. The van der Waals surface area contributed by atoms with Crippen LogP contribution in [0.2, 0.25) is 5.02 Å². The van der Waals surface area contributed by atoms with E-state index in [-0.39, 0.29) is 6.04 Å². The molecule has 2 rings (SSSR count). The van der Waals surface area contributed by atoms with Crippen LogP contribution < -0.4 is 5.32 Å². The van der Waals surface area contributed by atoms with Crippen molar-refractivity contribution in [3.63, 3.8) is 0 Å². The van der Waals surface area contributed by atoms with Gasteiger partial charge < -0.3 is 5.32 Å². The van der Waals surface area contributed by atoms with Gasteiger partial charge in [-0.3, -0.25) is 0 Å². The molecule has 2 aromatic rings. The van der Waals surface area contributed by atoms with Crippen LogP contribution in [-0.2, 0) is 12.7 Å². The minimum atomic E-state index is -4.31. The van der Waals surface area contributed by atoms with Crippen molar-refractivity contribution in [2.24, 2.45) is 0 Å². The van der Waals surface area contributed by atoms with Crippen LogP contribution in [0.1, 0.15) is 29.7 Å². The lowest BCUT2D eigenvalue weighted by atomic mass is 10.1. The van der Waals surface area contributed by atoms with E-state index < -0.39 is 11.7 Å². The van der Waals surface area contributed by atoms with Crippen molar-refractivity contribution < 1.29 is 13.2 Å². The molecule has 0 saturated heterocycles. The molecule has 0 aliphatic carbocycles. The monoisotopic (exact) mass is 313 g/mol. The van der Waals surface area contributed by atoms with Gasteiger partial charge in [-0.2, -0.15) is 13.2 Å².